The number of hydrogen-bond donors (Lipinski definition) is 2. The minimum absolute atomic E-state index is 0.0717. The van der Waals surface area contributed by atoms with Crippen molar-refractivity contribution in [3.63, 3.8) is 0 Å². The number of sulfonamides is 1. The van der Waals surface area contributed by atoms with Gasteiger partial charge in [0.15, 0.2) is 0 Å². The van der Waals surface area contributed by atoms with E-state index in [9.17, 15) is 23.3 Å². The molecular formula is C9H11N3O5S. The number of carbonyl (C=O) groups is 1. The van der Waals surface area contributed by atoms with Crippen LogP contribution in [0.3, 0.4) is 0 Å². The van der Waals surface area contributed by atoms with Crippen LogP contribution in [-0.4, -0.2) is 26.3 Å². The average molecular weight is 273 g/mol. The van der Waals surface area contributed by atoms with E-state index in [1.807, 2.05) is 0 Å². The molecular weight excluding hydrogens is 262 g/mol. The molecule has 1 amide bonds. The highest BCUT2D eigenvalue weighted by Gasteiger charge is 2.23. The minimum atomic E-state index is -4.14. The predicted octanol–water partition coefficient (Wildman–Crippen LogP) is -0.0898. The SMILES string of the molecule is CNC(=O)c1cc([N+](=O)[O-])cc(S(N)(=O)=O)c1C. The second-order valence-electron chi connectivity index (χ2n) is 3.50. The largest absolute Gasteiger partial charge is 0.355 e. The summed E-state index contributed by atoms with van der Waals surface area (Å²) in [5.74, 6) is -0.624. The Morgan fingerprint density at radius 2 is 2.00 bits per heavy atom. The van der Waals surface area contributed by atoms with Gasteiger partial charge in [-0.3, -0.25) is 14.9 Å². The molecule has 9 heteroatoms. The van der Waals surface area contributed by atoms with Crippen molar-refractivity contribution in [2.24, 2.45) is 5.14 Å². The number of nitrogens with zero attached hydrogens (tertiary/aromatic N) is 1. The molecule has 0 atom stereocenters. The summed E-state index contributed by atoms with van der Waals surface area (Å²) in [7, 11) is -2.81. The van der Waals surface area contributed by atoms with E-state index in [1.165, 1.54) is 14.0 Å². The van der Waals surface area contributed by atoms with Crippen LogP contribution in [0.25, 0.3) is 0 Å². The Bertz CT molecular complexity index is 623. The molecule has 0 aliphatic heterocycles. The van der Waals surface area contributed by atoms with Gasteiger partial charge >= 0.3 is 0 Å². The van der Waals surface area contributed by atoms with Crippen LogP contribution in [0, 0.1) is 17.0 Å². The molecule has 1 aromatic carbocycles. The summed E-state index contributed by atoms with van der Waals surface area (Å²) >= 11 is 0. The molecule has 0 saturated heterocycles. The fraction of sp³-hybridized carbons (Fsp3) is 0.222. The fourth-order valence-corrected chi connectivity index (χ4v) is 2.27. The first-order valence-electron chi connectivity index (χ1n) is 4.72. The van der Waals surface area contributed by atoms with E-state index in [0.717, 1.165) is 12.1 Å². The smallest absolute Gasteiger partial charge is 0.271 e. The normalized spacial score (nSPS) is 11.1. The van der Waals surface area contributed by atoms with Crippen molar-refractivity contribution in [3.05, 3.63) is 33.4 Å². The van der Waals surface area contributed by atoms with Gasteiger partial charge in [-0.25, -0.2) is 13.6 Å². The number of carbonyl (C=O) groups excluding carboxylic acids is 1. The van der Waals surface area contributed by atoms with E-state index in [4.69, 9.17) is 5.14 Å². The summed E-state index contributed by atoms with van der Waals surface area (Å²) < 4.78 is 22.6. The lowest BCUT2D eigenvalue weighted by atomic mass is 10.1. The molecule has 0 fully saturated rings. The lowest BCUT2D eigenvalue weighted by molar-refractivity contribution is -0.385. The van der Waals surface area contributed by atoms with Crippen molar-refractivity contribution in [2.75, 3.05) is 7.05 Å². The first kappa shape index (κ1) is 14.1. The Morgan fingerprint density at radius 3 is 2.39 bits per heavy atom. The third kappa shape index (κ3) is 2.63. The number of non-ortho nitro benzene ring substituents is 1. The van der Waals surface area contributed by atoms with Crippen LogP contribution in [-0.2, 0) is 10.0 Å². The van der Waals surface area contributed by atoms with E-state index >= 15 is 0 Å². The third-order valence-corrected chi connectivity index (χ3v) is 3.37. The highest BCUT2D eigenvalue weighted by molar-refractivity contribution is 7.89. The molecule has 1 aromatic rings. The van der Waals surface area contributed by atoms with Crippen LogP contribution < -0.4 is 10.5 Å². The minimum Gasteiger partial charge on any atom is -0.355 e. The number of nitro benzene ring substituents is 1. The van der Waals surface area contributed by atoms with Gasteiger partial charge in [0.25, 0.3) is 11.6 Å². The van der Waals surface area contributed by atoms with Crippen LogP contribution in [0.5, 0.6) is 0 Å². The van der Waals surface area contributed by atoms with Gasteiger partial charge in [-0.15, -0.1) is 0 Å². The van der Waals surface area contributed by atoms with Crippen LogP contribution in [0.1, 0.15) is 15.9 Å². The highest BCUT2D eigenvalue weighted by Crippen LogP contribution is 2.24. The molecule has 3 N–H and O–H groups in total. The van der Waals surface area contributed by atoms with Crippen molar-refractivity contribution in [1.29, 1.82) is 0 Å². The van der Waals surface area contributed by atoms with Gasteiger partial charge in [0.05, 0.1) is 15.4 Å². The number of nitrogens with two attached hydrogens (primary N) is 1. The Labute approximate surface area is 103 Å². The summed E-state index contributed by atoms with van der Waals surface area (Å²) in [5, 5.41) is 17.9. The van der Waals surface area contributed by atoms with Crippen molar-refractivity contribution >= 4 is 21.6 Å². The molecule has 8 nitrogen and oxygen atoms in total. The lowest BCUT2D eigenvalue weighted by Crippen LogP contribution is -2.22. The van der Waals surface area contributed by atoms with Gasteiger partial charge in [0.1, 0.15) is 0 Å². The molecule has 0 bridgehead atoms. The van der Waals surface area contributed by atoms with Crippen molar-refractivity contribution in [2.45, 2.75) is 11.8 Å². The number of primary sulfonamides is 1. The maximum Gasteiger partial charge on any atom is 0.271 e. The fourth-order valence-electron chi connectivity index (χ4n) is 1.44. The van der Waals surface area contributed by atoms with Gasteiger partial charge in [0, 0.05) is 19.2 Å². The molecule has 0 radical (unpaired) electrons. The zero-order chi connectivity index (χ0) is 14.1. The molecule has 1 rings (SSSR count). The number of nitro groups is 1. The van der Waals surface area contributed by atoms with Crippen LogP contribution in [0.2, 0.25) is 0 Å². The summed E-state index contributed by atoms with van der Waals surface area (Å²) in [5.41, 5.74) is -0.540. The monoisotopic (exact) mass is 273 g/mol. The van der Waals surface area contributed by atoms with Crippen molar-refractivity contribution in [3.8, 4) is 0 Å². The van der Waals surface area contributed by atoms with E-state index in [1.54, 1.807) is 0 Å². The van der Waals surface area contributed by atoms with Crippen LogP contribution >= 0.6 is 0 Å². The Balaban J connectivity index is 3.69. The summed E-state index contributed by atoms with van der Waals surface area (Å²) in [6, 6.07) is 1.83. The Hall–Kier alpha value is -2.00. The molecule has 0 unspecified atom stereocenters. The molecule has 0 aliphatic rings. The first-order chi connectivity index (χ1) is 8.18. The van der Waals surface area contributed by atoms with E-state index in [2.05, 4.69) is 5.32 Å². The van der Waals surface area contributed by atoms with Gasteiger partial charge in [-0.2, -0.15) is 0 Å². The number of benzene rings is 1. The van der Waals surface area contributed by atoms with E-state index < -0.39 is 31.4 Å². The summed E-state index contributed by atoms with van der Waals surface area (Å²) in [4.78, 5) is 21.0. The van der Waals surface area contributed by atoms with E-state index in [0.29, 0.717) is 0 Å². The van der Waals surface area contributed by atoms with Crippen LogP contribution in [0.15, 0.2) is 17.0 Å². The molecule has 0 aromatic heterocycles. The van der Waals surface area contributed by atoms with Crippen LogP contribution in [0.4, 0.5) is 5.69 Å². The maximum atomic E-state index is 11.5. The number of rotatable bonds is 3. The van der Waals surface area contributed by atoms with E-state index in [-0.39, 0.29) is 11.1 Å². The zero-order valence-electron chi connectivity index (χ0n) is 9.63. The quantitative estimate of drug-likeness (QED) is 0.586. The number of amides is 1. The lowest BCUT2D eigenvalue weighted by Gasteiger charge is -2.08. The second-order valence-corrected chi connectivity index (χ2v) is 5.03. The summed E-state index contributed by atoms with van der Waals surface area (Å²) in [6.45, 7) is 1.36. The van der Waals surface area contributed by atoms with Gasteiger partial charge < -0.3 is 5.32 Å². The molecule has 0 aliphatic carbocycles. The van der Waals surface area contributed by atoms with Crippen molar-refractivity contribution in [1.82, 2.24) is 5.32 Å². The molecule has 0 saturated carbocycles. The topological polar surface area (TPSA) is 132 Å². The Morgan fingerprint density at radius 1 is 1.44 bits per heavy atom. The second kappa shape index (κ2) is 4.70. The molecule has 0 spiro atoms. The standard InChI is InChI=1S/C9H11N3O5S/c1-5-7(9(13)11-2)3-6(12(14)15)4-8(5)18(10,16)17/h3-4H,1-2H3,(H,11,13)(H2,10,16,17). The zero-order valence-corrected chi connectivity index (χ0v) is 10.4. The van der Waals surface area contributed by atoms with Crippen molar-refractivity contribution < 1.29 is 18.1 Å². The summed E-state index contributed by atoms with van der Waals surface area (Å²) in [6.07, 6.45) is 0. The first-order valence-corrected chi connectivity index (χ1v) is 6.27. The number of hydrogen-bond acceptors (Lipinski definition) is 5. The highest BCUT2D eigenvalue weighted by atomic mass is 32.2. The average Bonchev–Trinajstić information content (AvgIpc) is 2.26. The maximum absolute atomic E-state index is 11.5. The van der Waals surface area contributed by atoms with Gasteiger partial charge in [-0.05, 0) is 12.5 Å². The van der Waals surface area contributed by atoms with Gasteiger partial charge in [-0.1, -0.05) is 0 Å². The molecule has 0 heterocycles. The third-order valence-electron chi connectivity index (χ3n) is 2.33. The Kier molecular flexibility index (Phi) is 3.67. The predicted molar refractivity (Wildman–Crippen MR) is 62.6 cm³/mol. The number of nitrogens with one attached hydrogen (secondary N) is 1. The molecule has 18 heavy (non-hydrogen) atoms. The molecule has 98 valence electrons. The van der Waals surface area contributed by atoms with Gasteiger partial charge in [0.2, 0.25) is 10.0 Å².